The molecule has 0 aliphatic rings. The maximum absolute atomic E-state index is 4.38. The first kappa shape index (κ1) is 12.1. The first-order chi connectivity index (χ1) is 6.29. The Bertz CT molecular complexity index is 229. The van der Waals surface area contributed by atoms with Crippen LogP contribution in [0.2, 0.25) is 0 Å². The van der Waals surface area contributed by atoms with E-state index >= 15 is 0 Å². The molecule has 1 radical (unpaired) electrons. The van der Waals surface area contributed by atoms with Gasteiger partial charge in [0.25, 0.3) is 0 Å². The van der Waals surface area contributed by atoms with Gasteiger partial charge in [0.05, 0.1) is 0 Å². The first-order valence-electron chi connectivity index (χ1n) is 4.62. The fourth-order valence-corrected chi connectivity index (χ4v) is 1.07. The SMILES string of the molecule is C=C[B]C(=NCC)C(=BC=C)CC. The van der Waals surface area contributed by atoms with Crippen LogP contribution in [0.4, 0.5) is 0 Å². The molecular weight excluding hydrogens is 156 g/mol. The number of aliphatic imine (C=N–C) groups is 1. The van der Waals surface area contributed by atoms with Crippen LogP contribution in [0, 0.1) is 0 Å². The second kappa shape index (κ2) is 7.78. The van der Waals surface area contributed by atoms with Crippen molar-refractivity contribution in [1.29, 1.82) is 0 Å². The molecule has 3 heteroatoms. The van der Waals surface area contributed by atoms with Crippen molar-refractivity contribution in [2.75, 3.05) is 6.54 Å². The summed E-state index contributed by atoms with van der Waals surface area (Å²) in [5, 5.41) is 0. The zero-order valence-corrected chi connectivity index (χ0v) is 8.59. The first-order valence-corrected chi connectivity index (χ1v) is 4.62. The van der Waals surface area contributed by atoms with E-state index in [2.05, 4.69) is 25.1 Å². The summed E-state index contributed by atoms with van der Waals surface area (Å²) in [6, 6.07) is 0. The molecule has 0 atom stereocenters. The molecule has 67 valence electrons. The molecular formula is C10H16B2N. The minimum absolute atomic E-state index is 0.800. The van der Waals surface area contributed by atoms with E-state index in [0.717, 1.165) is 18.6 Å². The van der Waals surface area contributed by atoms with E-state index in [9.17, 15) is 0 Å². The number of hydrogen-bond donors (Lipinski definition) is 0. The zero-order valence-electron chi connectivity index (χ0n) is 8.59. The van der Waals surface area contributed by atoms with Crippen molar-refractivity contribution in [2.24, 2.45) is 4.99 Å². The number of rotatable bonds is 6. The molecule has 0 aromatic carbocycles. The summed E-state index contributed by atoms with van der Waals surface area (Å²) in [5.74, 6) is 3.56. The van der Waals surface area contributed by atoms with Gasteiger partial charge in [-0.15, -0.1) is 0 Å². The average Bonchev–Trinajstić information content (AvgIpc) is 2.14. The van der Waals surface area contributed by atoms with Crippen molar-refractivity contribution in [3.8, 4) is 0 Å². The van der Waals surface area contributed by atoms with Crippen molar-refractivity contribution in [3.05, 3.63) is 25.1 Å². The summed E-state index contributed by atoms with van der Waals surface area (Å²) in [6.45, 7) is 14.3. The standard InChI is InChI=1S/C10H16B2N/c1-5-9(11-6-2)10(12-7-3)13-8-4/h6-7H,2-3,5,8H2,1,4H3. The maximum atomic E-state index is 4.38. The molecule has 0 aromatic heterocycles. The van der Waals surface area contributed by atoms with Gasteiger partial charge in [-0.3, -0.25) is 0 Å². The van der Waals surface area contributed by atoms with Gasteiger partial charge >= 0.3 is 82.2 Å². The summed E-state index contributed by atoms with van der Waals surface area (Å²) < 4.78 is 0. The van der Waals surface area contributed by atoms with Crippen LogP contribution in [0.15, 0.2) is 30.1 Å². The van der Waals surface area contributed by atoms with Crippen molar-refractivity contribution in [3.63, 3.8) is 0 Å². The van der Waals surface area contributed by atoms with E-state index in [4.69, 9.17) is 0 Å². The fourth-order valence-electron chi connectivity index (χ4n) is 1.07. The summed E-state index contributed by atoms with van der Waals surface area (Å²) in [7, 11) is 1.93. The van der Waals surface area contributed by atoms with E-state index in [0.29, 0.717) is 0 Å². The van der Waals surface area contributed by atoms with Crippen LogP contribution in [0.25, 0.3) is 0 Å². The van der Waals surface area contributed by atoms with E-state index in [1.54, 1.807) is 12.0 Å². The van der Waals surface area contributed by atoms with Crippen molar-refractivity contribution < 1.29 is 0 Å². The third-order valence-electron chi connectivity index (χ3n) is 1.63. The third kappa shape index (κ3) is 4.66. The van der Waals surface area contributed by atoms with Gasteiger partial charge in [-0.25, -0.2) is 0 Å². The molecule has 0 aliphatic carbocycles. The summed E-state index contributed by atoms with van der Waals surface area (Å²) in [6.07, 6.45) is 0.967. The van der Waals surface area contributed by atoms with E-state index in [1.807, 2.05) is 21.1 Å². The van der Waals surface area contributed by atoms with Crippen LogP contribution in [-0.2, 0) is 0 Å². The molecule has 1 nitrogen and oxygen atoms in total. The van der Waals surface area contributed by atoms with E-state index < -0.39 is 0 Å². The third-order valence-corrected chi connectivity index (χ3v) is 1.63. The molecule has 0 aromatic rings. The molecule has 0 spiro atoms. The molecule has 0 bridgehead atoms. The Morgan fingerprint density at radius 2 is 2.00 bits per heavy atom. The zero-order chi connectivity index (χ0) is 10.1. The van der Waals surface area contributed by atoms with Gasteiger partial charge in [-0.2, -0.15) is 0 Å². The Kier molecular flexibility index (Phi) is 7.27. The van der Waals surface area contributed by atoms with Crippen LogP contribution < -0.4 is 0 Å². The molecule has 0 fully saturated rings. The molecule has 13 heavy (non-hydrogen) atoms. The Balaban J connectivity index is 4.67. The van der Waals surface area contributed by atoms with Gasteiger partial charge in [0.1, 0.15) is 0 Å². The molecule has 0 saturated heterocycles. The Morgan fingerprint density at radius 3 is 2.38 bits per heavy atom. The molecule has 0 rings (SSSR count). The van der Waals surface area contributed by atoms with Crippen LogP contribution in [-0.4, -0.2) is 31.8 Å². The van der Waals surface area contributed by atoms with Crippen LogP contribution in [0.3, 0.4) is 0 Å². The second-order valence-corrected chi connectivity index (χ2v) is 2.54. The average molecular weight is 172 g/mol. The van der Waals surface area contributed by atoms with Crippen LogP contribution in [0.1, 0.15) is 20.3 Å². The number of nitrogens with zero attached hydrogens (tertiary/aromatic N) is 1. The molecule has 0 N–H and O–H groups in total. The molecule has 0 heterocycles. The van der Waals surface area contributed by atoms with Crippen LogP contribution in [0.5, 0.6) is 0 Å². The summed E-state index contributed by atoms with van der Waals surface area (Å²) >= 11 is 0. The second-order valence-electron chi connectivity index (χ2n) is 2.54. The van der Waals surface area contributed by atoms with Gasteiger partial charge in [0, 0.05) is 0 Å². The Morgan fingerprint density at radius 1 is 1.31 bits per heavy atom. The van der Waals surface area contributed by atoms with E-state index in [-0.39, 0.29) is 0 Å². The predicted molar refractivity (Wildman–Crippen MR) is 65.2 cm³/mol. The summed E-state index contributed by atoms with van der Waals surface area (Å²) in [5.41, 5.74) is 2.22. The van der Waals surface area contributed by atoms with Crippen molar-refractivity contribution in [1.82, 2.24) is 0 Å². The number of hydrogen-bond acceptors (Lipinski definition) is 1. The Hall–Kier alpha value is -0.850. The monoisotopic (exact) mass is 172 g/mol. The minimum atomic E-state index is 0.800. The van der Waals surface area contributed by atoms with Gasteiger partial charge in [0.2, 0.25) is 0 Å². The quantitative estimate of drug-likeness (QED) is 0.426. The van der Waals surface area contributed by atoms with E-state index in [1.165, 1.54) is 5.46 Å². The fraction of sp³-hybridized carbons (Fsp3) is 0.400. The molecule has 0 unspecified atom stereocenters. The van der Waals surface area contributed by atoms with Gasteiger partial charge in [0.15, 0.2) is 0 Å². The molecule has 0 amide bonds. The van der Waals surface area contributed by atoms with Gasteiger partial charge in [-0.05, 0) is 0 Å². The van der Waals surface area contributed by atoms with Gasteiger partial charge < -0.3 is 0 Å². The molecule has 0 aliphatic heterocycles. The van der Waals surface area contributed by atoms with Gasteiger partial charge in [-0.1, -0.05) is 0 Å². The predicted octanol–water partition coefficient (Wildman–Crippen LogP) is 1.68. The van der Waals surface area contributed by atoms with Crippen molar-refractivity contribution in [2.45, 2.75) is 20.3 Å². The van der Waals surface area contributed by atoms with Crippen LogP contribution >= 0.6 is 0 Å². The summed E-state index contributed by atoms with van der Waals surface area (Å²) in [4.78, 5) is 4.38. The Labute approximate surface area is 82.8 Å². The molecule has 0 saturated carbocycles. The normalized spacial score (nSPS) is 11.8. The topological polar surface area (TPSA) is 12.4 Å². The van der Waals surface area contributed by atoms with Crippen molar-refractivity contribution >= 4 is 25.3 Å².